The highest BCUT2D eigenvalue weighted by Gasteiger charge is 2.21. The number of piperazine rings is 1. The molecule has 3 rings (SSSR count). The predicted octanol–water partition coefficient (Wildman–Crippen LogP) is 2.02. The minimum atomic E-state index is 0.0496. The Labute approximate surface area is 147 Å². The van der Waals surface area contributed by atoms with Crippen LogP contribution in [0.15, 0.2) is 42.5 Å². The van der Waals surface area contributed by atoms with Crippen LogP contribution in [0.4, 0.5) is 11.5 Å². The van der Waals surface area contributed by atoms with Crippen LogP contribution in [0.2, 0.25) is 0 Å². The van der Waals surface area contributed by atoms with Crippen molar-refractivity contribution < 1.29 is 4.79 Å². The Hall–Kier alpha value is -3.07. The third-order valence-electron chi connectivity index (χ3n) is 4.38. The van der Waals surface area contributed by atoms with Crippen LogP contribution in [-0.4, -0.2) is 48.5 Å². The summed E-state index contributed by atoms with van der Waals surface area (Å²) < 4.78 is 0. The minimum Gasteiger partial charge on any atom is -0.368 e. The van der Waals surface area contributed by atoms with Gasteiger partial charge in [0.2, 0.25) is 5.91 Å². The summed E-state index contributed by atoms with van der Waals surface area (Å²) in [5.41, 5.74) is 2.41. The monoisotopic (exact) mass is 335 g/mol. The van der Waals surface area contributed by atoms with E-state index in [9.17, 15) is 4.79 Å². The van der Waals surface area contributed by atoms with Gasteiger partial charge in [-0.25, -0.2) is 4.98 Å². The van der Waals surface area contributed by atoms with Gasteiger partial charge in [-0.1, -0.05) is 24.3 Å². The van der Waals surface area contributed by atoms with Crippen LogP contribution in [0, 0.1) is 18.3 Å². The fourth-order valence-corrected chi connectivity index (χ4v) is 2.87. The lowest BCUT2D eigenvalue weighted by Crippen LogP contribution is -2.50. The van der Waals surface area contributed by atoms with E-state index < -0.39 is 0 Å². The molecule has 2 aromatic rings. The van der Waals surface area contributed by atoms with E-state index in [-0.39, 0.29) is 12.5 Å². The molecule has 25 heavy (non-hydrogen) atoms. The van der Waals surface area contributed by atoms with E-state index >= 15 is 0 Å². The molecule has 1 aromatic carbocycles. The summed E-state index contributed by atoms with van der Waals surface area (Å²) in [6.07, 6.45) is 0. The van der Waals surface area contributed by atoms with Gasteiger partial charge in [0.25, 0.3) is 0 Å². The van der Waals surface area contributed by atoms with Crippen molar-refractivity contribution >= 4 is 17.4 Å². The molecule has 0 saturated carbocycles. The van der Waals surface area contributed by atoms with Crippen LogP contribution in [0.5, 0.6) is 0 Å². The van der Waals surface area contributed by atoms with Crippen LogP contribution in [-0.2, 0) is 4.79 Å². The van der Waals surface area contributed by atoms with E-state index in [1.165, 1.54) is 5.69 Å². The van der Waals surface area contributed by atoms with Gasteiger partial charge in [-0.05, 0) is 30.7 Å². The first kappa shape index (κ1) is 16.8. The van der Waals surface area contributed by atoms with E-state index in [2.05, 4.69) is 33.4 Å². The third-order valence-corrected chi connectivity index (χ3v) is 4.38. The van der Waals surface area contributed by atoms with E-state index in [1.54, 1.807) is 6.07 Å². The lowest BCUT2D eigenvalue weighted by atomic mass is 10.2. The molecule has 6 nitrogen and oxygen atoms in total. The highest BCUT2D eigenvalue weighted by Crippen LogP contribution is 2.15. The second kappa shape index (κ2) is 7.67. The van der Waals surface area contributed by atoms with Gasteiger partial charge < -0.3 is 15.1 Å². The Kier molecular flexibility index (Phi) is 5.14. The summed E-state index contributed by atoms with van der Waals surface area (Å²) in [4.78, 5) is 20.8. The number of para-hydroxylation sites is 1. The van der Waals surface area contributed by atoms with Gasteiger partial charge in [0.05, 0.1) is 6.54 Å². The van der Waals surface area contributed by atoms with Crippen LogP contribution < -0.4 is 10.2 Å². The second-order valence-electron chi connectivity index (χ2n) is 6.03. The summed E-state index contributed by atoms with van der Waals surface area (Å²) in [5.74, 6) is 0.604. The molecule has 0 spiro atoms. The summed E-state index contributed by atoms with van der Waals surface area (Å²) in [7, 11) is 0. The molecule has 1 aliphatic rings. The quantitative estimate of drug-likeness (QED) is 0.925. The normalized spacial score (nSPS) is 14.1. The maximum Gasteiger partial charge on any atom is 0.242 e. The van der Waals surface area contributed by atoms with Crippen LogP contribution >= 0.6 is 0 Å². The minimum absolute atomic E-state index is 0.0496. The Bertz CT molecular complexity index is 776. The molecule has 1 aromatic heterocycles. The van der Waals surface area contributed by atoms with Crippen molar-refractivity contribution in [3.63, 3.8) is 0 Å². The fourth-order valence-electron chi connectivity index (χ4n) is 2.87. The molecule has 1 fully saturated rings. The zero-order valence-corrected chi connectivity index (χ0v) is 14.3. The number of aromatic nitrogens is 1. The summed E-state index contributed by atoms with van der Waals surface area (Å²) in [6.45, 7) is 5.10. The number of rotatable bonds is 4. The molecule has 0 unspecified atom stereocenters. The highest BCUT2D eigenvalue weighted by molar-refractivity contribution is 5.81. The zero-order chi connectivity index (χ0) is 17.6. The van der Waals surface area contributed by atoms with E-state index in [0.717, 1.165) is 18.7 Å². The zero-order valence-electron chi connectivity index (χ0n) is 14.3. The first-order valence-corrected chi connectivity index (χ1v) is 8.37. The molecule has 1 aliphatic heterocycles. The molecule has 1 amide bonds. The molecular weight excluding hydrogens is 314 g/mol. The number of hydrogen-bond acceptors (Lipinski definition) is 5. The highest BCUT2D eigenvalue weighted by atomic mass is 16.2. The van der Waals surface area contributed by atoms with Crippen molar-refractivity contribution in [2.24, 2.45) is 0 Å². The molecule has 0 aliphatic carbocycles. The first-order chi connectivity index (χ1) is 12.2. The third kappa shape index (κ3) is 4.07. The van der Waals surface area contributed by atoms with Crippen molar-refractivity contribution in [2.45, 2.75) is 6.92 Å². The maximum atomic E-state index is 12.4. The Morgan fingerprint density at radius 1 is 1.16 bits per heavy atom. The lowest BCUT2D eigenvalue weighted by molar-refractivity contribution is -0.129. The van der Waals surface area contributed by atoms with Gasteiger partial charge in [0.15, 0.2) is 0 Å². The number of carbonyl (C=O) groups excluding carboxylic acids is 1. The van der Waals surface area contributed by atoms with Crippen molar-refractivity contribution in [1.29, 1.82) is 5.26 Å². The smallest absolute Gasteiger partial charge is 0.242 e. The summed E-state index contributed by atoms with van der Waals surface area (Å²) in [5, 5.41) is 12.0. The average Bonchev–Trinajstić information content (AvgIpc) is 2.68. The van der Waals surface area contributed by atoms with Crippen molar-refractivity contribution in [3.05, 3.63) is 53.7 Å². The van der Waals surface area contributed by atoms with Gasteiger partial charge in [-0.15, -0.1) is 0 Å². The Morgan fingerprint density at radius 3 is 2.56 bits per heavy atom. The SMILES string of the molecule is Cc1ccc(NCC(=O)N2CCN(c3ccccc3)CC2)nc1C#N. The number of nitriles is 1. The number of nitrogens with zero attached hydrogens (tertiary/aromatic N) is 4. The molecule has 1 saturated heterocycles. The Balaban J connectivity index is 1.51. The van der Waals surface area contributed by atoms with Gasteiger partial charge in [0, 0.05) is 31.9 Å². The molecule has 128 valence electrons. The van der Waals surface area contributed by atoms with Crippen LogP contribution in [0.1, 0.15) is 11.3 Å². The maximum absolute atomic E-state index is 12.4. The summed E-state index contributed by atoms with van der Waals surface area (Å²) >= 11 is 0. The lowest BCUT2D eigenvalue weighted by Gasteiger charge is -2.36. The molecule has 0 bridgehead atoms. The predicted molar refractivity (Wildman–Crippen MR) is 97.4 cm³/mol. The average molecular weight is 335 g/mol. The molecule has 2 heterocycles. The van der Waals surface area contributed by atoms with Crippen molar-refractivity contribution in [3.8, 4) is 6.07 Å². The number of nitrogens with one attached hydrogen (secondary N) is 1. The van der Waals surface area contributed by atoms with Gasteiger partial charge in [-0.3, -0.25) is 4.79 Å². The van der Waals surface area contributed by atoms with Crippen LogP contribution in [0.3, 0.4) is 0 Å². The number of aryl methyl sites for hydroxylation is 1. The number of pyridine rings is 1. The van der Waals surface area contributed by atoms with Gasteiger partial charge in [-0.2, -0.15) is 5.26 Å². The summed E-state index contributed by atoms with van der Waals surface area (Å²) in [6, 6.07) is 15.9. The molecule has 6 heteroatoms. The molecular formula is C19H21N5O. The molecule has 0 atom stereocenters. The second-order valence-corrected chi connectivity index (χ2v) is 6.03. The first-order valence-electron chi connectivity index (χ1n) is 8.37. The molecule has 0 radical (unpaired) electrons. The number of anilines is 2. The van der Waals surface area contributed by atoms with E-state index in [0.29, 0.717) is 24.6 Å². The fraction of sp³-hybridized carbons (Fsp3) is 0.316. The van der Waals surface area contributed by atoms with E-state index in [4.69, 9.17) is 5.26 Å². The Morgan fingerprint density at radius 2 is 1.88 bits per heavy atom. The van der Waals surface area contributed by atoms with Crippen molar-refractivity contribution in [1.82, 2.24) is 9.88 Å². The van der Waals surface area contributed by atoms with Gasteiger partial charge in [0.1, 0.15) is 17.6 Å². The van der Waals surface area contributed by atoms with Crippen LogP contribution in [0.25, 0.3) is 0 Å². The number of benzene rings is 1. The molecule has 1 N–H and O–H groups in total. The topological polar surface area (TPSA) is 72.3 Å². The van der Waals surface area contributed by atoms with Crippen molar-refractivity contribution in [2.75, 3.05) is 42.9 Å². The number of amides is 1. The van der Waals surface area contributed by atoms with E-state index in [1.807, 2.05) is 36.1 Å². The largest absolute Gasteiger partial charge is 0.368 e. The standard InChI is InChI=1S/C19H21N5O/c1-15-7-8-18(22-17(15)13-20)21-14-19(25)24-11-9-23(10-12-24)16-5-3-2-4-6-16/h2-8H,9-12,14H2,1H3,(H,21,22). The van der Waals surface area contributed by atoms with Gasteiger partial charge >= 0.3 is 0 Å². The number of hydrogen-bond donors (Lipinski definition) is 1. The number of carbonyl (C=O) groups is 1.